The van der Waals surface area contributed by atoms with Crippen molar-refractivity contribution < 1.29 is 28.2 Å². The summed E-state index contributed by atoms with van der Waals surface area (Å²) in [4.78, 5) is 29.6. The maximum absolute atomic E-state index is 14.7. The molecule has 2 aromatic rings. The van der Waals surface area contributed by atoms with Crippen molar-refractivity contribution in [3.63, 3.8) is 0 Å². The lowest BCUT2D eigenvalue weighted by atomic mass is 9.62. The summed E-state index contributed by atoms with van der Waals surface area (Å²) >= 11 is 0. The van der Waals surface area contributed by atoms with Crippen LogP contribution in [0.25, 0.3) is 0 Å². The molecule has 2 aromatic carbocycles. The van der Waals surface area contributed by atoms with E-state index in [1.54, 1.807) is 7.11 Å². The fourth-order valence-electron chi connectivity index (χ4n) is 6.12. The predicted octanol–water partition coefficient (Wildman–Crippen LogP) is 8.40. The second-order valence-corrected chi connectivity index (χ2v) is 19.4. The van der Waals surface area contributed by atoms with E-state index >= 15 is 0 Å². The molecule has 0 saturated carbocycles. The van der Waals surface area contributed by atoms with Gasteiger partial charge in [0.25, 0.3) is 0 Å². The first-order valence-electron chi connectivity index (χ1n) is 16.3. The highest BCUT2D eigenvalue weighted by atomic mass is 28.4. The molecule has 1 aliphatic carbocycles. The first-order chi connectivity index (χ1) is 21.3. The summed E-state index contributed by atoms with van der Waals surface area (Å²) in [7, 11) is -0.451. The number of likely N-dealkylation sites (tertiary alicyclic amines) is 1. The molecule has 0 N–H and O–H groups in total. The van der Waals surface area contributed by atoms with Gasteiger partial charge in [-0.15, -0.1) is 0 Å². The summed E-state index contributed by atoms with van der Waals surface area (Å²) in [5, 5.41) is 0.0331. The number of imide groups is 1. The molecule has 1 saturated heterocycles. The molecule has 2 amide bonds. The zero-order valence-electron chi connectivity index (χ0n) is 28.6. The van der Waals surface area contributed by atoms with E-state index in [1.807, 2.05) is 54.6 Å². The molecule has 1 fully saturated rings. The van der Waals surface area contributed by atoms with Crippen LogP contribution in [0.5, 0.6) is 5.75 Å². The van der Waals surface area contributed by atoms with Crippen molar-refractivity contribution in [2.75, 3.05) is 26.9 Å². The molecule has 8 heteroatoms. The summed E-state index contributed by atoms with van der Waals surface area (Å²) < 4.78 is 24.0. The fraction of sp³-hybridized carbons (Fsp3) is 0.568. The summed E-state index contributed by atoms with van der Waals surface area (Å²) in [6.07, 6.45) is 3.76. The number of amides is 2. The highest BCUT2D eigenvalue weighted by molar-refractivity contribution is 6.74. The molecule has 0 aromatic heterocycles. The van der Waals surface area contributed by atoms with E-state index in [0.717, 1.165) is 23.3 Å². The minimum absolute atomic E-state index is 0.0331. The Morgan fingerprint density at radius 1 is 0.956 bits per heavy atom. The van der Waals surface area contributed by atoms with Crippen molar-refractivity contribution in [3.05, 3.63) is 77.4 Å². The lowest BCUT2D eigenvalue weighted by Crippen LogP contribution is -2.52. The minimum atomic E-state index is -2.11. The molecule has 1 heterocycles. The molecule has 1 spiro atoms. The van der Waals surface area contributed by atoms with Crippen LogP contribution in [0.2, 0.25) is 18.1 Å². The molecule has 0 radical (unpaired) electrons. The van der Waals surface area contributed by atoms with Crippen molar-refractivity contribution in [3.8, 4) is 5.75 Å². The van der Waals surface area contributed by atoms with Crippen molar-refractivity contribution in [2.45, 2.75) is 85.2 Å². The topological polar surface area (TPSA) is 74.3 Å². The average molecular weight is 636 g/mol. The number of methoxy groups -OCH3 is 1. The SMILES string of the molecule is COc1ccc(COCC2=C[C@H](CO[Si](C)(C)C(C)(C)C)[C@@]3(CC2)C[C@H](C)[C@@H](C)CN(C(=O)OCc2ccccc2)C3=O)cc1. The van der Waals surface area contributed by atoms with Crippen LogP contribution < -0.4 is 4.74 Å². The second kappa shape index (κ2) is 14.7. The molecule has 0 bridgehead atoms. The number of benzene rings is 2. The van der Waals surface area contributed by atoms with Crippen molar-refractivity contribution in [2.24, 2.45) is 23.2 Å². The highest BCUT2D eigenvalue weighted by Crippen LogP contribution is 2.50. The Kier molecular flexibility index (Phi) is 11.4. The quantitative estimate of drug-likeness (QED) is 0.193. The van der Waals surface area contributed by atoms with Crippen LogP contribution >= 0.6 is 0 Å². The third-order valence-electron chi connectivity index (χ3n) is 10.4. The lowest BCUT2D eigenvalue weighted by molar-refractivity contribution is -0.144. The zero-order valence-corrected chi connectivity index (χ0v) is 29.6. The first kappa shape index (κ1) is 34.9. The number of hydrogen-bond donors (Lipinski definition) is 0. The lowest BCUT2D eigenvalue weighted by Gasteiger charge is -2.45. The third-order valence-corrected chi connectivity index (χ3v) is 14.9. The molecular formula is C37H53NO6Si. The van der Waals surface area contributed by atoms with Crippen LogP contribution in [0.3, 0.4) is 0 Å². The largest absolute Gasteiger partial charge is 0.497 e. The summed E-state index contributed by atoms with van der Waals surface area (Å²) in [6, 6.07) is 17.5. The molecule has 0 unspecified atom stereocenters. The Morgan fingerprint density at radius 3 is 2.27 bits per heavy atom. The van der Waals surface area contributed by atoms with E-state index in [4.69, 9.17) is 18.6 Å². The molecule has 4 atom stereocenters. The van der Waals surface area contributed by atoms with E-state index in [-0.39, 0.29) is 35.3 Å². The van der Waals surface area contributed by atoms with Gasteiger partial charge in [0, 0.05) is 19.1 Å². The van der Waals surface area contributed by atoms with E-state index < -0.39 is 19.8 Å². The summed E-state index contributed by atoms with van der Waals surface area (Å²) in [6.45, 7) is 17.4. The molecule has 45 heavy (non-hydrogen) atoms. The molecular weight excluding hydrogens is 582 g/mol. The number of hydrogen-bond acceptors (Lipinski definition) is 6. The first-order valence-corrected chi connectivity index (χ1v) is 19.2. The molecule has 7 nitrogen and oxygen atoms in total. The van der Waals surface area contributed by atoms with Gasteiger partial charge in [0.15, 0.2) is 8.32 Å². The van der Waals surface area contributed by atoms with Crippen LogP contribution in [0.4, 0.5) is 4.79 Å². The molecule has 1 aliphatic heterocycles. The standard InChI is InChI=1S/C37H53NO6Si/c1-27-21-37(34(39)38(22-28(27)2)35(40)43-25-29-12-10-9-11-13-29)19-18-31(20-32(37)26-44-45(7,8)36(3,4)5)24-42-23-30-14-16-33(41-6)17-15-30/h9-17,20,27-28,32H,18-19,21-26H2,1-8H3/t27-,28-,32+,37+/m0/s1. The van der Waals surface area contributed by atoms with Crippen LogP contribution in [-0.2, 0) is 31.9 Å². The minimum Gasteiger partial charge on any atom is -0.497 e. The van der Waals surface area contributed by atoms with E-state index in [9.17, 15) is 9.59 Å². The van der Waals surface area contributed by atoms with Crippen LogP contribution in [0, 0.1) is 23.2 Å². The Hall–Kier alpha value is -2.94. The molecule has 2 aliphatic rings. The summed E-state index contributed by atoms with van der Waals surface area (Å²) in [5.74, 6) is 0.910. The van der Waals surface area contributed by atoms with Crippen LogP contribution in [-0.4, -0.2) is 52.1 Å². The van der Waals surface area contributed by atoms with Crippen LogP contribution in [0.1, 0.15) is 65.0 Å². The monoisotopic (exact) mass is 635 g/mol. The predicted molar refractivity (Wildman–Crippen MR) is 180 cm³/mol. The smallest absolute Gasteiger partial charge is 0.416 e. The van der Waals surface area contributed by atoms with Crippen molar-refractivity contribution in [1.29, 1.82) is 0 Å². The van der Waals surface area contributed by atoms with E-state index in [0.29, 0.717) is 39.2 Å². The normalized spacial score (nSPS) is 24.3. The van der Waals surface area contributed by atoms with Crippen molar-refractivity contribution in [1.82, 2.24) is 4.90 Å². The summed E-state index contributed by atoms with van der Waals surface area (Å²) in [5.41, 5.74) is 2.39. The maximum Gasteiger partial charge on any atom is 0.416 e. The van der Waals surface area contributed by atoms with Crippen molar-refractivity contribution >= 4 is 20.3 Å². The number of carbonyl (C=O) groups is 2. The third kappa shape index (κ3) is 8.46. The van der Waals surface area contributed by atoms with Gasteiger partial charge >= 0.3 is 6.09 Å². The molecule has 4 rings (SSSR count). The van der Waals surface area contributed by atoms with Gasteiger partial charge in [0.2, 0.25) is 5.91 Å². The van der Waals surface area contributed by atoms with Gasteiger partial charge in [0.1, 0.15) is 12.4 Å². The van der Waals surface area contributed by atoms with E-state index in [1.165, 1.54) is 10.5 Å². The highest BCUT2D eigenvalue weighted by Gasteiger charge is 2.53. The number of carbonyl (C=O) groups excluding carboxylic acids is 2. The average Bonchev–Trinajstić information content (AvgIpc) is 3.10. The van der Waals surface area contributed by atoms with Gasteiger partial charge in [0.05, 0.1) is 25.7 Å². The maximum atomic E-state index is 14.7. The van der Waals surface area contributed by atoms with Gasteiger partial charge < -0.3 is 18.6 Å². The van der Waals surface area contributed by atoms with Gasteiger partial charge in [-0.3, -0.25) is 4.79 Å². The van der Waals surface area contributed by atoms with Crippen LogP contribution in [0.15, 0.2) is 66.2 Å². The van der Waals surface area contributed by atoms with E-state index in [2.05, 4.69) is 53.8 Å². The van der Waals surface area contributed by atoms with Gasteiger partial charge in [-0.05, 0) is 78.1 Å². The Bertz CT molecular complexity index is 1320. The van der Waals surface area contributed by atoms with Gasteiger partial charge in [-0.2, -0.15) is 0 Å². The number of nitrogens with zero attached hydrogens (tertiary/aromatic N) is 1. The number of rotatable bonds is 10. The molecule has 246 valence electrons. The van der Waals surface area contributed by atoms with Gasteiger partial charge in [-0.1, -0.05) is 83.2 Å². The Labute approximate surface area is 271 Å². The Morgan fingerprint density at radius 2 is 1.62 bits per heavy atom. The Balaban J connectivity index is 1.59. The zero-order chi connectivity index (χ0) is 32.8. The second-order valence-electron chi connectivity index (χ2n) is 14.6. The van der Waals surface area contributed by atoms with Gasteiger partial charge in [-0.25, -0.2) is 9.69 Å². The fourth-order valence-corrected chi connectivity index (χ4v) is 7.15. The number of ether oxygens (including phenoxy) is 3.